The third-order valence-electron chi connectivity index (χ3n) is 8.31. The Morgan fingerprint density at radius 3 is 2.41 bits per heavy atom. The van der Waals surface area contributed by atoms with Gasteiger partial charge < -0.3 is 19.6 Å². The minimum atomic E-state index is -0.249. The molecule has 2 N–H and O–H groups in total. The summed E-state index contributed by atoms with van der Waals surface area (Å²) in [5.41, 5.74) is 6.87. The number of aromatic amines is 2. The molecule has 200 valence electrons. The summed E-state index contributed by atoms with van der Waals surface area (Å²) < 4.78 is 18.9. The van der Waals surface area contributed by atoms with Crippen LogP contribution in [0.4, 0.5) is 10.2 Å². The lowest BCUT2D eigenvalue weighted by Gasteiger charge is -2.40. The van der Waals surface area contributed by atoms with Gasteiger partial charge in [0.05, 0.1) is 18.2 Å². The lowest BCUT2D eigenvalue weighted by atomic mass is 9.75. The highest BCUT2D eigenvalue weighted by molar-refractivity contribution is 5.92. The van der Waals surface area contributed by atoms with E-state index in [1.165, 1.54) is 12.1 Å². The summed E-state index contributed by atoms with van der Waals surface area (Å²) in [5.74, 6) is 2.63. The Balaban J connectivity index is 1.26. The lowest BCUT2D eigenvalue weighted by molar-refractivity contribution is 0.304. The number of nitrogens with one attached hydrogen (secondary N) is 2. The second-order valence-corrected chi connectivity index (χ2v) is 10.5. The van der Waals surface area contributed by atoms with Gasteiger partial charge in [-0.25, -0.2) is 19.3 Å². The van der Waals surface area contributed by atoms with Gasteiger partial charge in [0.1, 0.15) is 35.2 Å². The van der Waals surface area contributed by atoms with E-state index in [0.717, 1.165) is 94.5 Å². The Morgan fingerprint density at radius 2 is 1.72 bits per heavy atom. The number of H-pyrrole nitrogens is 2. The van der Waals surface area contributed by atoms with Crippen molar-refractivity contribution in [1.82, 2.24) is 24.9 Å². The molecule has 0 unspecified atom stereocenters. The topological polar surface area (TPSA) is 82.7 Å². The van der Waals surface area contributed by atoms with Gasteiger partial charge in [0.2, 0.25) is 0 Å². The van der Waals surface area contributed by atoms with Crippen molar-refractivity contribution in [3.05, 3.63) is 77.8 Å². The van der Waals surface area contributed by atoms with Crippen LogP contribution in [0.15, 0.2) is 54.9 Å². The van der Waals surface area contributed by atoms with Crippen LogP contribution in [0.3, 0.4) is 0 Å². The first-order valence-electron chi connectivity index (χ1n) is 13.5. The maximum Gasteiger partial charge on any atom is 0.143 e. The minimum absolute atomic E-state index is 0.0232. The number of halogens is 1. The normalized spacial score (nSPS) is 15.2. The van der Waals surface area contributed by atoms with E-state index in [9.17, 15) is 4.39 Å². The predicted octanol–water partition coefficient (Wildman–Crippen LogP) is 6.73. The van der Waals surface area contributed by atoms with Crippen molar-refractivity contribution < 1.29 is 9.13 Å². The van der Waals surface area contributed by atoms with E-state index in [0.29, 0.717) is 0 Å². The van der Waals surface area contributed by atoms with Crippen LogP contribution in [0.25, 0.3) is 33.5 Å². The molecule has 2 aromatic carbocycles. The van der Waals surface area contributed by atoms with Gasteiger partial charge in [-0.15, -0.1) is 0 Å². The van der Waals surface area contributed by atoms with Crippen LogP contribution in [-0.2, 0) is 5.41 Å². The number of hydrogen-bond acceptors (Lipinski definition) is 5. The number of imidazole rings is 1. The van der Waals surface area contributed by atoms with Crippen molar-refractivity contribution in [1.29, 1.82) is 0 Å². The average Bonchev–Trinajstić information content (AvgIpc) is 3.57. The molecule has 8 heteroatoms. The second-order valence-electron chi connectivity index (χ2n) is 10.5. The molecular weight excluding hydrogens is 491 g/mol. The molecule has 0 spiro atoms. The minimum Gasteiger partial charge on any atom is -0.496 e. The standard InChI is InChI=1S/C31H33FN6O/c1-5-31(30-35-20(3)27(37-30)22-8-11-26(39-4)19(2)16-22)12-14-38(15-13-31)29-24-17-25(36-28(24)33-18-34-29)21-6-9-23(32)10-7-21/h6-11,16-18H,5,12-15H2,1-4H3,(H,35,37)(H,33,34,36). The number of ether oxygens (including phenoxy) is 1. The van der Waals surface area contributed by atoms with Crippen molar-refractivity contribution in [2.45, 2.75) is 45.4 Å². The van der Waals surface area contributed by atoms with Gasteiger partial charge in [-0.2, -0.15) is 0 Å². The van der Waals surface area contributed by atoms with Gasteiger partial charge in [-0.05, 0) is 92.8 Å². The highest BCUT2D eigenvalue weighted by Gasteiger charge is 2.38. The Labute approximate surface area is 227 Å². The number of hydrogen-bond donors (Lipinski definition) is 2. The Kier molecular flexibility index (Phi) is 6.33. The quantitative estimate of drug-likeness (QED) is 0.257. The number of rotatable bonds is 6. The number of piperidine rings is 1. The smallest absolute Gasteiger partial charge is 0.143 e. The number of benzene rings is 2. The number of nitrogens with zero attached hydrogens (tertiary/aromatic N) is 4. The summed E-state index contributed by atoms with van der Waals surface area (Å²) in [7, 11) is 1.70. The molecule has 1 fully saturated rings. The van der Waals surface area contributed by atoms with Gasteiger partial charge in [0.15, 0.2) is 0 Å². The van der Waals surface area contributed by atoms with E-state index < -0.39 is 0 Å². The van der Waals surface area contributed by atoms with Crippen LogP contribution >= 0.6 is 0 Å². The first-order valence-corrected chi connectivity index (χ1v) is 13.5. The number of aryl methyl sites for hydroxylation is 2. The summed E-state index contributed by atoms with van der Waals surface area (Å²) in [6, 6.07) is 14.8. The summed E-state index contributed by atoms with van der Waals surface area (Å²) in [4.78, 5) is 23.7. The lowest BCUT2D eigenvalue weighted by Crippen LogP contribution is -2.43. The Bertz CT molecular complexity index is 1630. The number of aromatic nitrogens is 5. The molecule has 7 nitrogen and oxygen atoms in total. The third kappa shape index (κ3) is 4.43. The average molecular weight is 525 g/mol. The SMILES string of the molecule is CCC1(c2nc(-c3ccc(OC)c(C)c3)c(C)[nH]2)CCN(c2ncnc3[nH]c(-c4ccc(F)cc4)cc23)CC1. The van der Waals surface area contributed by atoms with Gasteiger partial charge in [0.25, 0.3) is 0 Å². The van der Waals surface area contributed by atoms with Gasteiger partial charge in [0, 0.05) is 35.5 Å². The molecule has 5 aromatic rings. The maximum absolute atomic E-state index is 13.4. The summed E-state index contributed by atoms with van der Waals surface area (Å²) in [5, 5.41) is 0.979. The van der Waals surface area contributed by atoms with Crippen LogP contribution in [-0.4, -0.2) is 45.1 Å². The Morgan fingerprint density at radius 1 is 0.974 bits per heavy atom. The van der Waals surface area contributed by atoms with Gasteiger partial charge >= 0.3 is 0 Å². The van der Waals surface area contributed by atoms with Crippen molar-refractivity contribution >= 4 is 16.9 Å². The fourth-order valence-electron chi connectivity index (χ4n) is 5.89. The molecule has 0 atom stereocenters. The van der Waals surface area contributed by atoms with Crippen LogP contribution in [0, 0.1) is 19.7 Å². The predicted molar refractivity (Wildman–Crippen MR) is 153 cm³/mol. The van der Waals surface area contributed by atoms with E-state index in [2.05, 4.69) is 63.8 Å². The first kappa shape index (κ1) is 25.1. The van der Waals surface area contributed by atoms with E-state index >= 15 is 0 Å². The summed E-state index contributed by atoms with van der Waals surface area (Å²) >= 11 is 0. The molecule has 6 rings (SSSR count). The zero-order valence-corrected chi connectivity index (χ0v) is 22.8. The second kappa shape index (κ2) is 9.84. The maximum atomic E-state index is 13.4. The molecule has 3 aromatic heterocycles. The molecular formula is C31H33FN6O. The molecule has 0 radical (unpaired) electrons. The fourth-order valence-corrected chi connectivity index (χ4v) is 5.89. The molecule has 1 aliphatic heterocycles. The van der Waals surface area contributed by atoms with Crippen LogP contribution in [0.5, 0.6) is 5.75 Å². The Hall–Kier alpha value is -4.20. The highest BCUT2D eigenvalue weighted by Crippen LogP contribution is 2.41. The third-order valence-corrected chi connectivity index (χ3v) is 8.31. The molecule has 1 aliphatic rings. The van der Waals surface area contributed by atoms with E-state index in [-0.39, 0.29) is 11.2 Å². The highest BCUT2D eigenvalue weighted by atomic mass is 19.1. The van der Waals surface area contributed by atoms with Crippen molar-refractivity contribution in [3.8, 4) is 28.3 Å². The van der Waals surface area contributed by atoms with Crippen LogP contribution in [0.1, 0.15) is 43.3 Å². The van der Waals surface area contributed by atoms with Gasteiger partial charge in [-0.3, -0.25) is 0 Å². The molecule has 0 saturated carbocycles. The van der Waals surface area contributed by atoms with E-state index in [4.69, 9.17) is 9.72 Å². The van der Waals surface area contributed by atoms with Gasteiger partial charge in [-0.1, -0.05) is 6.92 Å². The summed E-state index contributed by atoms with van der Waals surface area (Å²) in [6.45, 7) is 8.16. The number of anilines is 1. The molecule has 4 heterocycles. The molecule has 39 heavy (non-hydrogen) atoms. The molecule has 0 aliphatic carbocycles. The first-order chi connectivity index (χ1) is 18.9. The van der Waals surface area contributed by atoms with Crippen LogP contribution < -0.4 is 9.64 Å². The largest absolute Gasteiger partial charge is 0.496 e. The zero-order chi connectivity index (χ0) is 27.1. The van der Waals surface area contributed by atoms with E-state index in [1.54, 1.807) is 25.6 Å². The molecule has 0 bridgehead atoms. The summed E-state index contributed by atoms with van der Waals surface area (Å²) in [6.07, 6.45) is 4.56. The van der Waals surface area contributed by atoms with Crippen molar-refractivity contribution in [2.24, 2.45) is 0 Å². The number of methoxy groups -OCH3 is 1. The zero-order valence-electron chi connectivity index (χ0n) is 22.8. The molecule has 1 saturated heterocycles. The van der Waals surface area contributed by atoms with Crippen molar-refractivity contribution in [3.63, 3.8) is 0 Å². The molecule has 0 amide bonds. The number of fused-ring (bicyclic) bond motifs is 1. The van der Waals surface area contributed by atoms with Crippen LogP contribution in [0.2, 0.25) is 0 Å². The van der Waals surface area contributed by atoms with E-state index in [1.807, 2.05) is 6.07 Å². The fraction of sp³-hybridized carbons (Fsp3) is 0.323. The monoisotopic (exact) mass is 524 g/mol. The van der Waals surface area contributed by atoms with Crippen molar-refractivity contribution in [2.75, 3.05) is 25.1 Å².